The summed E-state index contributed by atoms with van der Waals surface area (Å²) in [6.07, 6.45) is 0. The molecule has 6 heteroatoms. The topological polar surface area (TPSA) is 81.7 Å². The number of nitrogens with zero attached hydrogens (tertiary/aromatic N) is 1. The minimum atomic E-state index is -0.896. The lowest BCUT2D eigenvalue weighted by atomic mass is 9.97. The highest BCUT2D eigenvalue weighted by Crippen LogP contribution is 2.16. The molecule has 0 aromatic rings. The molecular formula is C13H25N3O3. The molecule has 1 aliphatic heterocycles. The van der Waals surface area contributed by atoms with Crippen LogP contribution in [0.3, 0.4) is 0 Å². The summed E-state index contributed by atoms with van der Waals surface area (Å²) in [5.74, 6) is -1.61. The maximum Gasteiger partial charge on any atom is 0.308 e. The van der Waals surface area contributed by atoms with Gasteiger partial charge in [0.1, 0.15) is 0 Å². The number of carboxylic acid groups (broad SMARTS) is 1. The quantitative estimate of drug-likeness (QED) is 0.650. The molecule has 0 bridgehead atoms. The van der Waals surface area contributed by atoms with Crippen molar-refractivity contribution >= 4 is 11.9 Å². The highest BCUT2D eigenvalue weighted by Gasteiger charge is 2.36. The molecule has 1 amide bonds. The number of piperazine rings is 1. The second kappa shape index (κ2) is 6.34. The molecule has 0 radical (unpaired) electrons. The highest BCUT2D eigenvalue weighted by molar-refractivity contribution is 5.86. The van der Waals surface area contributed by atoms with Crippen molar-refractivity contribution in [2.45, 2.75) is 39.3 Å². The molecule has 1 saturated heterocycles. The normalized spacial score (nSPS) is 20.6. The Labute approximate surface area is 114 Å². The van der Waals surface area contributed by atoms with Gasteiger partial charge in [-0.25, -0.2) is 0 Å². The van der Waals surface area contributed by atoms with Gasteiger partial charge < -0.3 is 15.7 Å². The van der Waals surface area contributed by atoms with Crippen molar-refractivity contribution in [3.8, 4) is 0 Å². The Balaban J connectivity index is 2.62. The SMILES string of the molecule is CC(NC(=O)C(C)(C)N1CCNCC1)C(C)C(=O)O. The molecule has 0 aliphatic carbocycles. The third-order valence-corrected chi connectivity index (χ3v) is 3.96. The lowest BCUT2D eigenvalue weighted by Crippen LogP contribution is -2.61. The van der Waals surface area contributed by atoms with Gasteiger partial charge in [-0.2, -0.15) is 0 Å². The van der Waals surface area contributed by atoms with E-state index in [0.29, 0.717) is 0 Å². The molecule has 2 atom stereocenters. The number of hydrogen-bond donors (Lipinski definition) is 3. The predicted molar refractivity (Wildman–Crippen MR) is 72.9 cm³/mol. The Morgan fingerprint density at radius 1 is 1.26 bits per heavy atom. The predicted octanol–water partition coefficient (Wildman–Crippen LogP) is -0.104. The minimum absolute atomic E-state index is 0.116. The Morgan fingerprint density at radius 3 is 2.26 bits per heavy atom. The molecule has 6 nitrogen and oxygen atoms in total. The molecule has 0 spiro atoms. The van der Waals surface area contributed by atoms with Crippen molar-refractivity contribution < 1.29 is 14.7 Å². The number of amides is 1. The van der Waals surface area contributed by atoms with E-state index in [0.717, 1.165) is 26.2 Å². The third kappa shape index (κ3) is 3.91. The Hall–Kier alpha value is -1.14. The first kappa shape index (κ1) is 15.9. The summed E-state index contributed by atoms with van der Waals surface area (Å²) < 4.78 is 0. The standard InChI is InChI=1S/C13H25N3O3/c1-9(11(17)18)10(2)15-12(19)13(3,4)16-7-5-14-6-8-16/h9-10,14H,5-8H2,1-4H3,(H,15,19)(H,17,18). The van der Waals surface area contributed by atoms with E-state index in [4.69, 9.17) is 5.11 Å². The number of carbonyl (C=O) groups excluding carboxylic acids is 1. The highest BCUT2D eigenvalue weighted by atomic mass is 16.4. The van der Waals surface area contributed by atoms with Gasteiger partial charge in [-0.15, -0.1) is 0 Å². The van der Waals surface area contributed by atoms with Crippen LogP contribution in [0.2, 0.25) is 0 Å². The first-order valence-electron chi connectivity index (χ1n) is 6.76. The lowest BCUT2D eigenvalue weighted by molar-refractivity contribution is -0.142. The fourth-order valence-electron chi connectivity index (χ4n) is 2.09. The molecule has 0 aromatic heterocycles. The van der Waals surface area contributed by atoms with Crippen LogP contribution in [0, 0.1) is 5.92 Å². The van der Waals surface area contributed by atoms with Crippen molar-refractivity contribution in [1.29, 1.82) is 0 Å². The number of nitrogens with one attached hydrogen (secondary N) is 2. The first-order valence-corrected chi connectivity index (χ1v) is 6.76. The van der Waals surface area contributed by atoms with Gasteiger partial charge in [0.05, 0.1) is 11.5 Å². The molecule has 0 aromatic carbocycles. The van der Waals surface area contributed by atoms with Gasteiger partial charge in [-0.3, -0.25) is 14.5 Å². The number of rotatable bonds is 5. The van der Waals surface area contributed by atoms with E-state index in [1.807, 2.05) is 13.8 Å². The van der Waals surface area contributed by atoms with Crippen LogP contribution in [0.1, 0.15) is 27.7 Å². The second-order valence-electron chi connectivity index (χ2n) is 5.69. The van der Waals surface area contributed by atoms with E-state index >= 15 is 0 Å². The van der Waals surface area contributed by atoms with Crippen LogP contribution < -0.4 is 10.6 Å². The minimum Gasteiger partial charge on any atom is -0.481 e. The maximum atomic E-state index is 12.3. The van der Waals surface area contributed by atoms with E-state index in [1.165, 1.54) is 0 Å². The zero-order valence-corrected chi connectivity index (χ0v) is 12.2. The van der Waals surface area contributed by atoms with E-state index in [2.05, 4.69) is 15.5 Å². The van der Waals surface area contributed by atoms with Gasteiger partial charge in [0.25, 0.3) is 0 Å². The van der Waals surface area contributed by atoms with Crippen LogP contribution in [0.4, 0.5) is 0 Å². The summed E-state index contributed by atoms with van der Waals surface area (Å²) in [5, 5.41) is 15.0. The molecule has 1 heterocycles. The average molecular weight is 271 g/mol. The number of carbonyl (C=O) groups is 2. The zero-order chi connectivity index (χ0) is 14.6. The van der Waals surface area contributed by atoms with Gasteiger partial charge in [0, 0.05) is 32.2 Å². The molecule has 2 unspecified atom stereocenters. The average Bonchev–Trinajstić information content (AvgIpc) is 2.38. The van der Waals surface area contributed by atoms with Crippen LogP contribution >= 0.6 is 0 Å². The number of hydrogen-bond acceptors (Lipinski definition) is 4. The first-order chi connectivity index (χ1) is 8.76. The lowest BCUT2D eigenvalue weighted by Gasteiger charge is -2.40. The van der Waals surface area contributed by atoms with Gasteiger partial charge in [0.2, 0.25) is 5.91 Å². The summed E-state index contributed by atoms with van der Waals surface area (Å²) in [6.45, 7) is 10.5. The molecule has 0 saturated carbocycles. The van der Waals surface area contributed by atoms with Crippen molar-refractivity contribution in [3.05, 3.63) is 0 Å². The Kier molecular flexibility index (Phi) is 5.31. The molecule has 1 rings (SSSR count). The van der Waals surface area contributed by atoms with Crippen LogP contribution in [-0.4, -0.2) is 59.6 Å². The molecule has 1 fully saturated rings. The maximum absolute atomic E-state index is 12.3. The molecular weight excluding hydrogens is 246 g/mol. The fraction of sp³-hybridized carbons (Fsp3) is 0.846. The van der Waals surface area contributed by atoms with Crippen LogP contribution in [-0.2, 0) is 9.59 Å². The summed E-state index contributed by atoms with van der Waals surface area (Å²) in [6, 6.07) is -0.382. The van der Waals surface area contributed by atoms with Crippen molar-refractivity contribution in [2.75, 3.05) is 26.2 Å². The number of aliphatic carboxylic acids is 1. The van der Waals surface area contributed by atoms with E-state index < -0.39 is 17.4 Å². The zero-order valence-electron chi connectivity index (χ0n) is 12.2. The molecule has 110 valence electrons. The van der Waals surface area contributed by atoms with E-state index in [-0.39, 0.29) is 11.9 Å². The fourth-order valence-corrected chi connectivity index (χ4v) is 2.09. The van der Waals surface area contributed by atoms with Crippen LogP contribution in [0.25, 0.3) is 0 Å². The smallest absolute Gasteiger partial charge is 0.308 e. The Morgan fingerprint density at radius 2 is 1.79 bits per heavy atom. The molecule has 3 N–H and O–H groups in total. The Bertz CT molecular complexity index is 338. The molecule has 19 heavy (non-hydrogen) atoms. The largest absolute Gasteiger partial charge is 0.481 e. The van der Waals surface area contributed by atoms with Gasteiger partial charge in [-0.1, -0.05) is 0 Å². The molecule has 1 aliphatic rings. The van der Waals surface area contributed by atoms with Gasteiger partial charge in [0.15, 0.2) is 0 Å². The summed E-state index contributed by atoms with van der Waals surface area (Å²) in [7, 11) is 0. The summed E-state index contributed by atoms with van der Waals surface area (Å²) in [5.41, 5.74) is -0.616. The van der Waals surface area contributed by atoms with E-state index in [1.54, 1.807) is 13.8 Å². The second-order valence-corrected chi connectivity index (χ2v) is 5.69. The monoisotopic (exact) mass is 271 g/mol. The third-order valence-electron chi connectivity index (χ3n) is 3.96. The van der Waals surface area contributed by atoms with Crippen LogP contribution in [0.5, 0.6) is 0 Å². The van der Waals surface area contributed by atoms with Crippen molar-refractivity contribution in [2.24, 2.45) is 5.92 Å². The van der Waals surface area contributed by atoms with Crippen LogP contribution in [0.15, 0.2) is 0 Å². The number of carboxylic acids is 1. The van der Waals surface area contributed by atoms with Gasteiger partial charge in [-0.05, 0) is 27.7 Å². The van der Waals surface area contributed by atoms with E-state index in [9.17, 15) is 9.59 Å². The van der Waals surface area contributed by atoms with Crippen molar-refractivity contribution in [3.63, 3.8) is 0 Å². The summed E-state index contributed by atoms with van der Waals surface area (Å²) in [4.78, 5) is 25.4. The van der Waals surface area contributed by atoms with Crippen molar-refractivity contribution in [1.82, 2.24) is 15.5 Å². The van der Waals surface area contributed by atoms with Gasteiger partial charge >= 0.3 is 5.97 Å². The summed E-state index contributed by atoms with van der Waals surface area (Å²) >= 11 is 0.